The summed E-state index contributed by atoms with van der Waals surface area (Å²) in [6.07, 6.45) is 2.05. The second kappa shape index (κ2) is 6.80. The molecule has 1 N–H and O–H groups in total. The minimum absolute atomic E-state index is 0.587. The highest BCUT2D eigenvalue weighted by Gasteiger charge is 2.12. The minimum Gasteiger partial charge on any atom is -0.370 e. The molecule has 0 amide bonds. The lowest BCUT2D eigenvalue weighted by Gasteiger charge is -2.10. The summed E-state index contributed by atoms with van der Waals surface area (Å²) in [5, 5.41) is 8.84. The Morgan fingerprint density at radius 3 is 2.70 bits per heavy atom. The topological polar surface area (TPSA) is 29.9 Å². The first kappa shape index (κ1) is 14.9. The Kier molecular flexibility index (Phi) is 5.07. The predicted molar refractivity (Wildman–Crippen MR) is 85.9 cm³/mol. The number of nitrogens with zero attached hydrogens (tertiary/aromatic N) is 2. The molecule has 4 heteroatoms. The van der Waals surface area contributed by atoms with E-state index in [-0.39, 0.29) is 0 Å². The molecule has 0 aliphatic heterocycles. The second-order valence-electron chi connectivity index (χ2n) is 5.41. The summed E-state index contributed by atoms with van der Waals surface area (Å²) in [5.74, 6) is 1.60. The Bertz CT molecular complexity index is 561. The van der Waals surface area contributed by atoms with Crippen LogP contribution in [0.15, 0.2) is 30.3 Å². The van der Waals surface area contributed by atoms with Crippen molar-refractivity contribution >= 4 is 17.4 Å². The van der Waals surface area contributed by atoms with Gasteiger partial charge in [0.2, 0.25) is 0 Å². The summed E-state index contributed by atoms with van der Waals surface area (Å²) in [7, 11) is 0. The SMILES string of the molecule is CCCNc1cc(CC(C)C)nn1-c1ccccc1Cl. The maximum atomic E-state index is 6.29. The van der Waals surface area contributed by atoms with Gasteiger partial charge in [-0.2, -0.15) is 5.10 Å². The third kappa shape index (κ3) is 3.54. The zero-order chi connectivity index (χ0) is 14.5. The van der Waals surface area contributed by atoms with Gasteiger partial charge in [-0.3, -0.25) is 0 Å². The van der Waals surface area contributed by atoms with Gasteiger partial charge >= 0.3 is 0 Å². The van der Waals surface area contributed by atoms with E-state index in [1.165, 1.54) is 0 Å². The molecule has 20 heavy (non-hydrogen) atoms. The van der Waals surface area contributed by atoms with E-state index < -0.39 is 0 Å². The second-order valence-corrected chi connectivity index (χ2v) is 5.82. The van der Waals surface area contributed by atoms with E-state index in [9.17, 15) is 0 Å². The van der Waals surface area contributed by atoms with Crippen LogP contribution in [0.1, 0.15) is 32.9 Å². The van der Waals surface area contributed by atoms with E-state index in [0.29, 0.717) is 10.9 Å². The monoisotopic (exact) mass is 291 g/mol. The van der Waals surface area contributed by atoms with E-state index in [1.807, 2.05) is 28.9 Å². The first-order chi connectivity index (χ1) is 9.61. The molecule has 0 fully saturated rings. The number of hydrogen-bond donors (Lipinski definition) is 1. The number of hydrogen-bond acceptors (Lipinski definition) is 2. The number of benzene rings is 1. The number of nitrogens with one attached hydrogen (secondary N) is 1. The average Bonchev–Trinajstić information content (AvgIpc) is 2.78. The highest BCUT2D eigenvalue weighted by Crippen LogP contribution is 2.24. The van der Waals surface area contributed by atoms with Crippen LogP contribution in [0, 0.1) is 5.92 Å². The smallest absolute Gasteiger partial charge is 0.130 e. The third-order valence-corrected chi connectivity index (χ3v) is 3.33. The van der Waals surface area contributed by atoms with Gasteiger partial charge in [-0.05, 0) is 30.9 Å². The summed E-state index contributed by atoms with van der Waals surface area (Å²) in [6.45, 7) is 7.48. The Morgan fingerprint density at radius 2 is 2.05 bits per heavy atom. The van der Waals surface area contributed by atoms with Crippen molar-refractivity contribution in [2.45, 2.75) is 33.6 Å². The first-order valence-corrected chi connectivity index (χ1v) is 7.57. The van der Waals surface area contributed by atoms with Gasteiger partial charge in [0.25, 0.3) is 0 Å². The Balaban J connectivity index is 2.38. The van der Waals surface area contributed by atoms with Crippen molar-refractivity contribution in [1.82, 2.24) is 9.78 Å². The van der Waals surface area contributed by atoms with Crippen LogP contribution in [0.4, 0.5) is 5.82 Å². The molecular formula is C16H22ClN3. The number of anilines is 1. The van der Waals surface area contributed by atoms with Gasteiger partial charge in [-0.15, -0.1) is 0 Å². The van der Waals surface area contributed by atoms with Crippen LogP contribution in [0.2, 0.25) is 5.02 Å². The standard InChI is InChI=1S/C16H22ClN3/c1-4-9-18-16-11-13(10-12(2)3)19-20(16)15-8-6-5-7-14(15)17/h5-8,11-12,18H,4,9-10H2,1-3H3. The predicted octanol–water partition coefficient (Wildman–Crippen LogP) is 4.55. The molecular weight excluding hydrogens is 270 g/mol. The first-order valence-electron chi connectivity index (χ1n) is 7.19. The van der Waals surface area contributed by atoms with E-state index >= 15 is 0 Å². The fraction of sp³-hybridized carbons (Fsp3) is 0.438. The normalized spacial score (nSPS) is 11.1. The van der Waals surface area contributed by atoms with E-state index in [1.54, 1.807) is 0 Å². The van der Waals surface area contributed by atoms with Crippen molar-refractivity contribution in [2.24, 2.45) is 5.92 Å². The van der Waals surface area contributed by atoms with Gasteiger partial charge in [0, 0.05) is 12.6 Å². The lowest BCUT2D eigenvalue weighted by atomic mass is 10.1. The largest absolute Gasteiger partial charge is 0.370 e. The maximum absolute atomic E-state index is 6.29. The van der Waals surface area contributed by atoms with Crippen molar-refractivity contribution in [1.29, 1.82) is 0 Å². The molecule has 0 saturated heterocycles. The van der Waals surface area contributed by atoms with Crippen LogP contribution in [-0.2, 0) is 6.42 Å². The molecule has 108 valence electrons. The molecule has 1 aromatic heterocycles. The van der Waals surface area contributed by atoms with Gasteiger partial charge < -0.3 is 5.32 Å². The van der Waals surface area contributed by atoms with Crippen LogP contribution in [0.3, 0.4) is 0 Å². The Labute approximate surface area is 126 Å². The van der Waals surface area contributed by atoms with Crippen molar-refractivity contribution in [3.63, 3.8) is 0 Å². The highest BCUT2D eigenvalue weighted by atomic mass is 35.5. The minimum atomic E-state index is 0.587. The van der Waals surface area contributed by atoms with Gasteiger partial charge in [-0.1, -0.05) is 44.5 Å². The van der Waals surface area contributed by atoms with E-state index in [4.69, 9.17) is 16.7 Å². The molecule has 0 unspecified atom stereocenters. The maximum Gasteiger partial charge on any atom is 0.130 e. The molecule has 2 rings (SSSR count). The van der Waals surface area contributed by atoms with E-state index in [0.717, 1.165) is 36.6 Å². The van der Waals surface area contributed by atoms with Crippen LogP contribution < -0.4 is 5.32 Å². The fourth-order valence-electron chi connectivity index (χ4n) is 2.13. The van der Waals surface area contributed by atoms with Crippen molar-refractivity contribution < 1.29 is 0 Å². The molecule has 0 spiro atoms. The summed E-state index contributed by atoms with van der Waals surface area (Å²) in [4.78, 5) is 0. The molecule has 0 bridgehead atoms. The van der Waals surface area contributed by atoms with Gasteiger partial charge in [0.05, 0.1) is 16.4 Å². The molecule has 0 aliphatic carbocycles. The lowest BCUT2D eigenvalue weighted by Crippen LogP contribution is -2.07. The summed E-state index contributed by atoms with van der Waals surface area (Å²) in [5.41, 5.74) is 2.02. The molecule has 3 nitrogen and oxygen atoms in total. The number of aromatic nitrogens is 2. The van der Waals surface area contributed by atoms with Crippen molar-refractivity contribution in [2.75, 3.05) is 11.9 Å². The lowest BCUT2D eigenvalue weighted by molar-refractivity contribution is 0.628. The van der Waals surface area contributed by atoms with Gasteiger partial charge in [-0.25, -0.2) is 4.68 Å². The van der Waals surface area contributed by atoms with Crippen LogP contribution in [0.5, 0.6) is 0 Å². The van der Waals surface area contributed by atoms with Crippen LogP contribution in [-0.4, -0.2) is 16.3 Å². The number of para-hydroxylation sites is 1. The van der Waals surface area contributed by atoms with Gasteiger partial charge in [0.15, 0.2) is 0 Å². The zero-order valence-electron chi connectivity index (χ0n) is 12.4. The fourth-order valence-corrected chi connectivity index (χ4v) is 2.35. The summed E-state index contributed by atoms with van der Waals surface area (Å²) in [6, 6.07) is 9.92. The zero-order valence-corrected chi connectivity index (χ0v) is 13.1. The van der Waals surface area contributed by atoms with E-state index in [2.05, 4.69) is 32.2 Å². The summed E-state index contributed by atoms with van der Waals surface area (Å²) < 4.78 is 1.91. The van der Waals surface area contributed by atoms with Gasteiger partial charge in [0.1, 0.15) is 5.82 Å². The van der Waals surface area contributed by atoms with Crippen LogP contribution >= 0.6 is 11.6 Å². The Hall–Kier alpha value is -1.48. The van der Waals surface area contributed by atoms with Crippen LogP contribution in [0.25, 0.3) is 5.69 Å². The molecule has 0 radical (unpaired) electrons. The average molecular weight is 292 g/mol. The molecule has 0 saturated carbocycles. The van der Waals surface area contributed by atoms with Crippen molar-refractivity contribution in [3.05, 3.63) is 41.0 Å². The number of rotatable bonds is 6. The van der Waals surface area contributed by atoms with Crippen molar-refractivity contribution in [3.8, 4) is 5.69 Å². The molecule has 0 atom stereocenters. The molecule has 1 aromatic carbocycles. The quantitative estimate of drug-likeness (QED) is 0.846. The highest BCUT2D eigenvalue weighted by molar-refractivity contribution is 6.32. The molecule has 0 aliphatic rings. The third-order valence-electron chi connectivity index (χ3n) is 3.01. The molecule has 2 aromatic rings. The molecule has 1 heterocycles. The number of halogens is 1. The summed E-state index contributed by atoms with van der Waals surface area (Å²) >= 11 is 6.29. The Morgan fingerprint density at radius 1 is 1.30 bits per heavy atom.